The molecule has 2 aromatic carbocycles. The second-order valence-corrected chi connectivity index (χ2v) is 16.0. The van der Waals surface area contributed by atoms with Crippen molar-refractivity contribution < 1.29 is 18.3 Å². The second kappa shape index (κ2) is 11.1. The summed E-state index contributed by atoms with van der Waals surface area (Å²) in [5.41, 5.74) is -0.715. The predicted molar refractivity (Wildman–Crippen MR) is 144 cm³/mol. The highest BCUT2D eigenvalue weighted by atomic mass is 28.4. The van der Waals surface area contributed by atoms with Gasteiger partial charge in [-0.3, -0.25) is 4.90 Å². The van der Waals surface area contributed by atoms with E-state index in [1.807, 2.05) is 36.4 Å². The first-order valence-electron chi connectivity index (χ1n) is 12.7. The molecule has 3 atom stereocenters. The lowest BCUT2D eigenvalue weighted by Gasteiger charge is -2.44. The first-order valence-corrected chi connectivity index (χ1v) is 14.6. The van der Waals surface area contributed by atoms with Crippen molar-refractivity contribution in [2.24, 2.45) is 5.92 Å². The molecule has 1 saturated heterocycles. The minimum atomic E-state index is -2.87. The van der Waals surface area contributed by atoms with Gasteiger partial charge in [-0.25, -0.2) is 9.18 Å². The number of likely N-dealkylation sites (tertiary alicyclic amines) is 1. The average molecular weight is 511 g/mol. The number of hydrogen-bond acceptors (Lipinski definition) is 4. The fourth-order valence-corrected chi connectivity index (χ4v) is 9.69. The molecule has 0 radical (unpaired) electrons. The van der Waals surface area contributed by atoms with Gasteiger partial charge >= 0.3 is 6.09 Å². The molecule has 1 unspecified atom stereocenters. The molecule has 0 N–H and O–H groups in total. The van der Waals surface area contributed by atoms with Crippen LogP contribution in [0, 0.1) is 17.2 Å². The lowest BCUT2D eigenvalue weighted by atomic mass is 9.98. The number of rotatable bonds is 5. The minimum Gasteiger partial charge on any atom is -0.444 e. The Hall–Kier alpha value is -2.69. The van der Waals surface area contributed by atoms with E-state index in [1.165, 1.54) is 4.90 Å². The standard InChI is InChI=1S/C29H39FN2O3Si/c1-28(2,3)35-27(33)32-20-23(30)17-22(19-31)18-24(32)21-34-36(29(4,5)6,25-13-9-7-10-14-25)26-15-11-8-12-16-26/h7-16,22-24H,17-18,20-21H2,1-6H3/t22-,23?,24-/m0/s1. The zero-order chi connectivity index (χ0) is 26.6. The molecule has 2 aromatic rings. The van der Waals surface area contributed by atoms with Gasteiger partial charge in [0.2, 0.25) is 0 Å². The molecule has 36 heavy (non-hydrogen) atoms. The quantitative estimate of drug-likeness (QED) is 0.503. The van der Waals surface area contributed by atoms with Crippen LogP contribution >= 0.6 is 0 Å². The normalized spacial score (nSPS) is 21.4. The van der Waals surface area contributed by atoms with Gasteiger partial charge in [0, 0.05) is 0 Å². The fraction of sp³-hybridized carbons (Fsp3) is 0.517. The van der Waals surface area contributed by atoms with Gasteiger partial charge in [-0.2, -0.15) is 5.26 Å². The van der Waals surface area contributed by atoms with Crippen molar-refractivity contribution in [3.05, 3.63) is 60.7 Å². The zero-order valence-corrected chi connectivity index (χ0v) is 23.3. The van der Waals surface area contributed by atoms with Crippen molar-refractivity contribution >= 4 is 24.8 Å². The average Bonchev–Trinajstić information content (AvgIpc) is 2.97. The van der Waals surface area contributed by atoms with Crippen LogP contribution in [0.2, 0.25) is 5.04 Å². The number of nitriles is 1. The van der Waals surface area contributed by atoms with Gasteiger partial charge in [-0.15, -0.1) is 0 Å². The number of alkyl halides is 1. The number of amides is 1. The second-order valence-electron chi connectivity index (χ2n) is 11.7. The van der Waals surface area contributed by atoms with Crippen molar-refractivity contribution in [3.63, 3.8) is 0 Å². The Morgan fingerprint density at radius 3 is 1.97 bits per heavy atom. The summed E-state index contributed by atoms with van der Waals surface area (Å²) < 4.78 is 27.6. The fourth-order valence-electron chi connectivity index (χ4n) is 5.09. The van der Waals surface area contributed by atoms with E-state index in [0.717, 1.165) is 10.4 Å². The van der Waals surface area contributed by atoms with E-state index < -0.39 is 38.1 Å². The van der Waals surface area contributed by atoms with E-state index in [2.05, 4.69) is 51.1 Å². The number of benzene rings is 2. The molecular weight excluding hydrogens is 471 g/mol. The molecule has 3 rings (SSSR count). The number of nitrogens with zero attached hydrogens (tertiary/aromatic N) is 2. The SMILES string of the molecule is CC(C)(C)OC(=O)N1CC(F)C[C@H](C#N)C[C@H]1CO[Si](c1ccccc1)(c1ccccc1)C(C)(C)C. The van der Waals surface area contributed by atoms with E-state index in [4.69, 9.17) is 9.16 Å². The summed E-state index contributed by atoms with van der Waals surface area (Å²) in [6.07, 6.45) is -1.42. The summed E-state index contributed by atoms with van der Waals surface area (Å²) in [7, 11) is -2.87. The summed E-state index contributed by atoms with van der Waals surface area (Å²) in [4.78, 5) is 14.6. The molecule has 0 aromatic heterocycles. The Balaban J connectivity index is 2.05. The van der Waals surface area contributed by atoms with Gasteiger partial charge in [0.25, 0.3) is 8.32 Å². The largest absolute Gasteiger partial charge is 0.444 e. The molecule has 7 heteroatoms. The zero-order valence-electron chi connectivity index (χ0n) is 22.3. The molecule has 194 valence electrons. The predicted octanol–water partition coefficient (Wildman–Crippen LogP) is 5.44. The van der Waals surface area contributed by atoms with E-state index in [9.17, 15) is 14.4 Å². The molecule has 0 spiro atoms. The third-order valence-corrected chi connectivity index (χ3v) is 11.7. The lowest BCUT2D eigenvalue weighted by Crippen LogP contribution is -2.67. The maximum atomic E-state index is 14.9. The van der Waals surface area contributed by atoms with Crippen LogP contribution in [0.25, 0.3) is 0 Å². The molecule has 1 heterocycles. The summed E-state index contributed by atoms with van der Waals surface area (Å²) in [6.45, 7) is 12.0. The highest BCUT2D eigenvalue weighted by Gasteiger charge is 2.51. The number of halogens is 1. The van der Waals surface area contributed by atoms with Crippen molar-refractivity contribution in [1.82, 2.24) is 4.90 Å². The smallest absolute Gasteiger partial charge is 0.410 e. The first kappa shape index (κ1) is 27.9. The van der Waals surface area contributed by atoms with Crippen molar-refractivity contribution in [3.8, 4) is 6.07 Å². The summed E-state index contributed by atoms with van der Waals surface area (Å²) >= 11 is 0. The van der Waals surface area contributed by atoms with Gasteiger partial charge in [-0.05, 0) is 49.0 Å². The highest BCUT2D eigenvalue weighted by molar-refractivity contribution is 6.99. The van der Waals surface area contributed by atoms with Crippen molar-refractivity contribution in [1.29, 1.82) is 5.26 Å². The monoisotopic (exact) mass is 510 g/mol. The van der Waals surface area contributed by atoms with Gasteiger partial charge in [-0.1, -0.05) is 81.4 Å². The van der Waals surface area contributed by atoms with Crippen LogP contribution in [0.15, 0.2) is 60.7 Å². The summed E-state index contributed by atoms with van der Waals surface area (Å²) in [5, 5.41) is 11.7. The van der Waals surface area contributed by atoms with Crippen LogP contribution in [-0.2, 0) is 9.16 Å². The maximum Gasteiger partial charge on any atom is 0.410 e. The van der Waals surface area contributed by atoms with Gasteiger partial charge < -0.3 is 9.16 Å². The Bertz CT molecular complexity index is 1000. The molecule has 0 aliphatic carbocycles. The summed E-state index contributed by atoms with van der Waals surface area (Å²) in [6, 6.07) is 22.3. The Kier molecular flexibility index (Phi) is 8.63. The van der Waals surface area contributed by atoms with Crippen LogP contribution in [0.4, 0.5) is 9.18 Å². The first-order chi connectivity index (χ1) is 16.9. The van der Waals surface area contributed by atoms with E-state index in [-0.39, 0.29) is 24.6 Å². The number of ether oxygens (including phenoxy) is 1. The molecule has 0 bridgehead atoms. The van der Waals surface area contributed by atoms with E-state index >= 15 is 0 Å². The molecular formula is C29H39FN2O3Si. The number of carbonyl (C=O) groups is 1. The molecule has 1 aliphatic heterocycles. The molecule has 1 fully saturated rings. The van der Waals surface area contributed by atoms with E-state index in [0.29, 0.717) is 6.42 Å². The molecule has 1 amide bonds. The topological polar surface area (TPSA) is 62.6 Å². The van der Waals surface area contributed by atoms with Gasteiger partial charge in [0.15, 0.2) is 0 Å². The van der Waals surface area contributed by atoms with Crippen molar-refractivity contribution in [2.45, 2.75) is 77.2 Å². The summed E-state index contributed by atoms with van der Waals surface area (Å²) in [5.74, 6) is -0.500. The Morgan fingerprint density at radius 2 is 1.53 bits per heavy atom. The van der Waals surface area contributed by atoms with Crippen LogP contribution < -0.4 is 10.4 Å². The van der Waals surface area contributed by atoms with Crippen molar-refractivity contribution in [2.75, 3.05) is 13.2 Å². The number of carbonyl (C=O) groups excluding carboxylic acids is 1. The van der Waals surface area contributed by atoms with Crippen LogP contribution in [-0.4, -0.2) is 50.3 Å². The van der Waals surface area contributed by atoms with E-state index in [1.54, 1.807) is 20.8 Å². The Morgan fingerprint density at radius 1 is 1.00 bits per heavy atom. The highest BCUT2D eigenvalue weighted by Crippen LogP contribution is 2.37. The van der Waals surface area contributed by atoms with Crippen LogP contribution in [0.5, 0.6) is 0 Å². The maximum absolute atomic E-state index is 14.9. The van der Waals surface area contributed by atoms with Crippen LogP contribution in [0.3, 0.4) is 0 Å². The number of hydrogen-bond donors (Lipinski definition) is 0. The Labute approximate surface area is 216 Å². The lowest BCUT2D eigenvalue weighted by molar-refractivity contribution is 0.00664. The third-order valence-electron chi connectivity index (χ3n) is 6.65. The van der Waals surface area contributed by atoms with Gasteiger partial charge in [0.1, 0.15) is 11.8 Å². The molecule has 1 aliphatic rings. The van der Waals surface area contributed by atoms with Gasteiger partial charge in [0.05, 0.1) is 31.2 Å². The molecule has 5 nitrogen and oxygen atoms in total. The minimum absolute atomic E-state index is 0.103. The van der Waals surface area contributed by atoms with Crippen LogP contribution in [0.1, 0.15) is 54.4 Å². The molecule has 0 saturated carbocycles. The third kappa shape index (κ3) is 6.35.